The van der Waals surface area contributed by atoms with E-state index in [2.05, 4.69) is 18.8 Å². The number of aromatic nitrogens is 2. The van der Waals surface area contributed by atoms with Crippen LogP contribution in [0.5, 0.6) is 0 Å². The molecule has 45 heavy (non-hydrogen) atoms. The molecule has 0 saturated carbocycles. The van der Waals surface area contributed by atoms with Crippen molar-refractivity contribution in [1.82, 2.24) is 9.97 Å². The molecule has 6 rings (SSSR count). The Morgan fingerprint density at radius 2 is 0.711 bits per heavy atom. The summed E-state index contributed by atoms with van der Waals surface area (Å²) in [5.74, 6) is -1.35. The fraction of sp³-hybridized carbons (Fsp3) is 0. The molecule has 0 amide bonds. The minimum absolute atomic E-state index is 0. The zero-order valence-corrected chi connectivity index (χ0v) is 25.5. The van der Waals surface area contributed by atoms with Crippen LogP contribution in [0.2, 0.25) is 0 Å². The van der Waals surface area contributed by atoms with Gasteiger partial charge in [-0.3, -0.25) is 9.97 Å². The van der Waals surface area contributed by atoms with E-state index < -0.39 is 31.8 Å². The van der Waals surface area contributed by atoms with Gasteiger partial charge in [0.15, 0.2) is 0 Å². The largest absolute Gasteiger partial charge is 0.858 e. The third-order valence-corrected chi connectivity index (χ3v) is 6.97. The van der Waals surface area contributed by atoms with Gasteiger partial charge in [0.25, 0.3) is 20.0 Å². The van der Waals surface area contributed by atoms with Crippen molar-refractivity contribution in [3.05, 3.63) is 121 Å². The molecule has 0 atom stereocenters. The fourth-order valence-electron chi connectivity index (χ4n) is 2.78. The van der Waals surface area contributed by atoms with Crippen LogP contribution in [0.15, 0.2) is 128 Å². The molecule has 4 aromatic rings. The summed E-state index contributed by atoms with van der Waals surface area (Å²) in [6.45, 7) is 0. The van der Waals surface area contributed by atoms with Crippen molar-refractivity contribution in [3.8, 4) is 0 Å². The van der Waals surface area contributed by atoms with Gasteiger partial charge in [-0.15, -0.1) is 0 Å². The first-order valence-corrected chi connectivity index (χ1v) is 13.0. The molecule has 0 saturated heterocycles. The van der Waals surface area contributed by atoms with Crippen molar-refractivity contribution in [2.45, 2.75) is 9.79 Å². The van der Waals surface area contributed by atoms with Crippen LogP contribution >= 0.6 is 0 Å². The van der Waals surface area contributed by atoms with E-state index in [4.69, 9.17) is 0 Å². The van der Waals surface area contributed by atoms with Crippen molar-refractivity contribution in [2.75, 3.05) is 0 Å². The Morgan fingerprint density at radius 1 is 0.444 bits per heavy atom. The van der Waals surface area contributed by atoms with Gasteiger partial charge in [-0.1, -0.05) is 48.5 Å². The average molecular weight is 727 g/mol. The Balaban J connectivity index is -0.0000000833. The van der Waals surface area contributed by atoms with Crippen LogP contribution in [-0.4, -0.2) is 71.5 Å². The molecule has 258 valence electrons. The van der Waals surface area contributed by atoms with E-state index in [9.17, 15) is 27.0 Å². The molecule has 0 fully saturated rings. The van der Waals surface area contributed by atoms with Gasteiger partial charge in [0.2, 0.25) is 0 Å². The van der Waals surface area contributed by atoms with Crippen LogP contribution in [0, 0.1) is 0 Å². The second kappa shape index (κ2) is 26.2. The Kier molecular flexibility index (Phi) is 32.9. The summed E-state index contributed by atoms with van der Waals surface area (Å²) in [4.78, 5) is 7.59. The van der Waals surface area contributed by atoms with Crippen LogP contribution in [0.4, 0.5) is 0 Å². The van der Waals surface area contributed by atoms with Gasteiger partial charge < -0.3 is 54.0 Å². The van der Waals surface area contributed by atoms with Gasteiger partial charge in [0.1, 0.15) is 0 Å². The first kappa shape index (κ1) is 56.5. The minimum atomic E-state index is -3.68. The van der Waals surface area contributed by atoms with Crippen LogP contribution < -0.4 is 10.2 Å². The first-order valence-electron chi connectivity index (χ1n) is 10.1. The van der Waals surface area contributed by atoms with E-state index in [1.807, 2.05) is 36.4 Å². The Bertz CT molecular complexity index is 1420. The maximum absolute atomic E-state index is 11.1. The second-order valence-electron chi connectivity index (χ2n) is 6.78. The molecule has 0 bridgehead atoms. The van der Waals surface area contributed by atoms with E-state index in [0.29, 0.717) is 0 Å². The molecule has 21 heteroatoms. The number of fused-ring (bicyclic) bond motifs is 2. The van der Waals surface area contributed by atoms with Crippen LogP contribution in [0.1, 0.15) is 11.1 Å². The topological polar surface area (TPSA) is 420 Å². The summed E-state index contributed by atoms with van der Waals surface area (Å²) >= 11 is 0. The maximum Gasteiger partial charge on any atom is 0.282 e. The molecule has 2 aromatic heterocycles. The number of pyridine rings is 2. The predicted molar refractivity (Wildman–Crippen MR) is 160 cm³/mol. The monoisotopic (exact) mass is 726 g/mol. The van der Waals surface area contributed by atoms with E-state index in [-0.39, 0.29) is 81.2 Å². The van der Waals surface area contributed by atoms with Crippen molar-refractivity contribution >= 4 is 31.8 Å². The van der Waals surface area contributed by atoms with E-state index in [1.165, 1.54) is 24.3 Å². The summed E-state index contributed by atoms with van der Waals surface area (Å²) in [6.07, 6.45) is 7.00. The SMILES string of the molecule is O.O.O.O.O.O.O=S1(=O)N=C([O-])c2ccccc21.O=S1(=O)N=C([O-])c2ccccc21.[Ni].[OH3+].[OH3+].c1ccncc1.c1ccncc1. The number of hydrogen-bond donors (Lipinski definition) is 0. The van der Waals surface area contributed by atoms with Crippen LogP contribution in [-0.2, 0) is 47.5 Å². The number of hydrogen-bond acceptors (Lipinski definition) is 8. The summed E-state index contributed by atoms with van der Waals surface area (Å²) in [7, 11) is -7.36. The van der Waals surface area contributed by atoms with Crippen molar-refractivity contribution in [3.63, 3.8) is 0 Å². The molecular formula is C24H36N4NiO14S2. The molecule has 0 radical (unpaired) electrons. The van der Waals surface area contributed by atoms with Crippen LogP contribution in [0.3, 0.4) is 0 Å². The Hall–Kier alpha value is -4.25. The summed E-state index contributed by atoms with van der Waals surface area (Å²) in [5.41, 5.74) is 0.329. The van der Waals surface area contributed by atoms with Gasteiger partial charge >= 0.3 is 0 Å². The van der Waals surface area contributed by atoms with E-state index >= 15 is 0 Å². The van der Waals surface area contributed by atoms with Gasteiger partial charge in [-0.05, 0) is 36.4 Å². The molecule has 0 aliphatic carbocycles. The third-order valence-electron chi connectivity index (χ3n) is 4.33. The van der Waals surface area contributed by atoms with Gasteiger partial charge in [0, 0.05) is 64.2 Å². The zero-order chi connectivity index (χ0) is 26.0. The first-order chi connectivity index (χ1) is 17.2. The molecule has 2 aliphatic rings. The van der Waals surface area contributed by atoms with E-state index in [0.717, 1.165) is 0 Å². The molecule has 0 spiro atoms. The molecule has 2 aliphatic heterocycles. The fourth-order valence-corrected chi connectivity index (χ4v) is 4.97. The van der Waals surface area contributed by atoms with Crippen molar-refractivity contribution < 1.29 is 87.3 Å². The smallest absolute Gasteiger partial charge is 0.282 e. The summed E-state index contributed by atoms with van der Waals surface area (Å²) in [6, 6.07) is 23.4. The quantitative estimate of drug-likeness (QED) is 0.124. The molecular weight excluding hydrogens is 691 g/mol. The number of benzene rings is 2. The summed E-state index contributed by atoms with van der Waals surface area (Å²) in [5, 5.41) is 21.9. The maximum atomic E-state index is 11.1. The number of sulfonamides is 2. The number of nitrogens with zero attached hydrogens (tertiary/aromatic N) is 4. The Morgan fingerprint density at radius 3 is 0.911 bits per heavy atom. The standard InChI is InChI=1S/2C7H5NO3S.2C5H5N.Ni.8H2O/c2*9-7-5-3-1-2-4-6(5)12(10,11)8-7;2*1-2-4-6-5-3-1;;;;;;;;;/h2*1-4H,(H,8,9);2*1-5H;;8*1H2. The second-order valence-corrected chi connectivity index (χ2v) is 9.93. The minimum Gasteiger partial charge on any atom is -0.858 e. The Labute approximate surface area is 268 Å². The zero-order valence-electron chi connectivity index (χ0n) is 22.9. The average Bonchev–Trinajstić information content (AvgIpc) is 3.29. The third kappa shape index (κ3) is 15.9. The number of rotatable bonds is 0. The van der Waals surface area contributed by atoms with Crippen molar-refractivity contribution in [1.29, 1.82) is 0 Å². The molecule has 18 nitrogen and oxygen atoms in total. The van der Waals surface area contributed by atoms with E-state index in [1.54, 1.807) is 49.1 Å². The molecule has 4 heterocycles. The normalized spacial score (nSPS) is 12.0. The van der Waals surface area contributed by atoms with Gasteiger partial charge in [-0.2, -0.15) is 25.6 Å². The molecule has 18 N–H and O–H groups in total. The predicted octanol–water partition coefficient (Wildman–Crippen LogP) is -5.64. The van der Waals surface area contributed by atoms with Gasteiger partial charge in [-0.25, -0.2) is 0 Å². The van der Waals surface area contributed by atoms with Crippen molar-refractivity contribution in [2.24, 2.45) is 8.80 Å². The molecule has 2 aromatic carbocycles. The summed E-state index contributed by atoms with van der Waals surface area (Å²) < 4.78 is 50.3. The van der Waals surface area contributed by atoms with Crippen LogP contribution in [0.25, 0.3) is 0 Å². The van der Waals surface area contributed by atoms with Gasteiger partial charge in [0.05, 0.1) is 9.79 Å². The molecule has 0 unspecified atom stereocenters.